The van der Waals surface area contributed by atoms with E-state index in [0.717, 1.165) is 19.3 Å². The highest BCUT2D eigenvalue weighted by molar-refractivity contribution is 5.65. The molecule has 1 atom stereocenters. The maximum atomic E-state index is 10.6. The van der Waals surface area contributed by atoms with Crippen molar-refractivity contribution in [3.05, 3.63) is 35.9 Å². The molecule has 0 spiro atoms. The molecule has 2 heteroatoms. The van der Waals surface area contributed by atoms with Gasteiger partial charge < -0.3 is 4.74 Å². The number of hydrogen-bond donors (Lipinski definition) is 0. The minimum atomic E-state index is -0.185. The largest absolute Gasteiger partial charge is 0.466 e. The number of aryl methyl sites for hydroxylation is 1. The lowest BCUT2D eigenvalue weighted by Gasteiger charge is -2.10. The molecule has 88 valence electrons. The molecular weight excluding hydrogens is 200 g/mol. The topological polar surface area (TPSA) is 26.3 Å². The first-order valence-corrected chi connectivity index (χ1v) is 5.86. The van der Waals surface area contributed by atoms with Crippen molar-refractivity contribution in [2.24, 2.45) is 5.92 Å². The van der Waals surface area contributed by atoms with E-state index < -0.39 is 0 Å². The van der Waals surface area contributed by atoms with Gasteiger partial charge in [0.05, 0.1) is 6.61 Å². The monoisotopic (exact) mass is 220 g/mol. The van der Waals surface area contributed by atoms with E-state index in [9.17, 15) is 4.79 Å². The van der Waals surface area contributed by atoms with Gasteiger partial charge in [-0.15, -0.1) is 0 Å². The molecule has 1 aromatic carbocycles. The summed E-state index contributed by atoms with van der Waals surface area (Å²) < 4.78 is 4.93. The molecule has 0 aliphatic heterocycles. The molecule has 0 fully saturated rings. The minimum Gasteiger partial charge on any atom is -0.466 e. The Balaban J connectivity index is 2.15. The van der Waals surface area contributed by atoms with Crippen LogP contribution >= 0.6 is 0 Å². The third-order valence-corrected chi connectivity index (χ3v) is 2.68. The first-order valence-electron chi connectivity index (χ1n) is 5.86. The predicted molar refractivity (Wildman–Crippen MR) is 65.2 cm³/mol. The fourth-order valence-corrected chi connectivity index (χ4v) is 1.61. The standard InChI is InChI=1S/C14H20O2/c1-12(10-11-16-13(2)15)8-9-14-6-4-3-5-7-14/h3-7,12H,8-11H2,1-2H3. The first kappa shape index (κ1) is 12.8. The molecule has 0 amide bonds. The SMILES string of the molecule is CC(=O)OCCC(C)CCc1ccccc1. The molecule has 0 bridgehead atoms. The van der Waals surface area contributed by atoms with E-state index in [4.69, 9.17) is 4.74 Å². The summed E-state index contributed by atoms with van der Waals surface area (Å²) in [5.41, 5.74) is 1.38. The van der Waals surface area contributed by atoms with Crippen LogP contribution in [0.5, 0.6) is 0 Å². The lowest BCUT2D eigenvalue weighted by Crippen LogP contribution is -2.06. The second kappa shape index (κ2) is 7.04. The normalized spacial score (nSPS) is 12.1. The maximum Gasteiger partial charge on any atom is 0.302 e. The van der Waals surface area contributed by atoms with E-state index in [1.165, 1.54) is 12.5 Å². The van der Waals surface area contributed by atoms with Crippen LogP contribution in [-0.2, 0) is 16.0 Å². The Morgan fingerprint density at radius 3 is 2.56 bits per heavy atom. The van der Waals surface area contributed by atoms with Crippen LogP contribution in [0, 0.1) is 5.92 Å². The van der Waals surface area contributed by atoms with Crippen molar-refractivity contribution in [1.82, 2.24) is 0 Å². The quantitative estimate of drug-likeness (QED) is 0.688. The van der Waals surface area contributed by atoms with Gasteiger partial charge in [-0.2, -0.15) is 0 Å². The second-order valence-corrected chi connectivity index (χ2v) is 4.26. The molecule has 0 saturated carbocycles. The van der Waals surface area contributed by atoms with Crippen LogP contribution < -0.4 is 0 Å². The molecule has 0 aliphatic carbocycles. The van der Waals surface area contributed by atoms with Crippen molar-refractivity contribution in [2.45, 2.75) is 33.1 Å². The zero-order chi connectivity index (χ0) is 11.8. The molecule has 16 heavy (non-hydrogen) atoms. The van der Waals surface area contributed by atoms with Crippen molar-refractivity contribution >= 4 is 5.97 Å². The Bertz CT molecular complexity index is 306. The van der Waals surface area contributed by atoms with Gasteiger partial charge >= 0.3 is 5.97 Å². The summed E-state index contributed by atoms with van der Waals surface area (Å²) in [5.74, 6) is 0.412. The van der Waals surface area contributed by atoms with E-state index in [-0.39, 0.29) is 5.97 Å². The van der Waals surface area contributed by atoms with Gasteiger partial charge in [0.25, 0.3) is 0 Å². The van der Waals surface area contributed by atoms with E-state index in [1.54, 1.807) is 0 Å². The highest BCUT2D eigenvalue weighted by atomic mass is 16.5. The van der Waals surface area contributed by atoms with Crippen molar-refractivity contribution in [2.75, 3.05) is 6.61 Å². The van der Waals surface area contributed by atoms with Gasteiger partial charge in [0, 0.05) is 6.92 Å². The predicted octanol–water partition coefficient (Wildman–Crippen LogP) is 3.21. The van der Waals surface area contributed by atoms with Crippen molar-refractivity contribution in [3.8, 4) is 0 Å². The Morgan fingerprint density at radius 2 is 1.94 bits per heavy atom. The van der Waals surface area contributed by atoms with Crippen LogP contribution in [0.1, 0.15) is 32.3 Å². The van der Waals surface area contributed by atoms with Crippen LogP contribution in [0.4, 0.5) is 0 Å². The maximum absolute atomic E-state index is 10.6. The number of carbonyl (C=O) groups excluding carboxylic acids is 1. The summed E-state index contributed by atoms with van der Waals surface area (Å²) in [6, 6.07) is 10.5. The third kappa shape index (κ3) is 5.54. The number of benzene rings is 1. The van der Waals surface area contributed by atoms with Gasteiger partial charge in [-0.05, 0) is 30.7 Å². The number of carbonyl (C=O) groups is 1. The highest BCUT2D eigenvalue weighted by Crippen LogP contribution is 2.12. The third-order valence-electron chi connectivity index (χ3n) is 2.68. The first-order chi connectivity index (χ1) is 7.68. The number of ether oxygens (including phenoxy) is 1. The molecule has 1 rings (SSSR count). The summed E-state index contributed by atoms with van der Waals surface area (Å²) in [5, 5.41) is 0. The summed E-state index contributed by atoms with van der Waals surface area (Å²) in [6.07, 6.45) is 3.19. The van der Waals surface area contributed by atoms with Crippen molar-refractivity contribution in [1.29, 1.82) is 0 Å². The van der Waals surface area contributed by atoms with Crippen molar-refractivity contribution in [3.63, 3.8) is 0 Å². The molecule has 0 saturated heterocycles. The van der Waals surface area contributed by atoms with Gasteiger partial charge in [0.2, 0.25) is 0 Å². The van der Waals surface area contributed by atoms with Gasteiger partial charge in [-0.25, -0.2) is 0 Å². The summed E-state index contributed by atoms with van der Waals surface area (Å²) >= 11 is 0. The van der Waals surface area contributed by atoms with E-state index >= 15 is 0 Å². The fourth-order valence-electron chi connectivity index (χ4n) is 1.61. The van der Waals surface area contributed by atoms with Gasteiger partial charge in [-0.3, -0.25) is 4.79 Å². The molecule has 1 unspecified atom stereocenters. The highest BCUT2D eigenvalue weighted by Gasteiger charge is 2.03. The molecule has 0 heterocycles. The van der Waals surface area contributed by atoms with Gasteiger partial charge in [0.1, 0.15) is 0 Å². The van der Waals surface area contributed by atoms with E-state index in [0.29, 0.717) is 12.5 Å². The zero-order valence-corrected chi connectivity index (χ0v) is 10.1. The van der Waals surface area contributed by atoms with Gasteiger partial charge in [-0.1, -0.05) is 37.3 Å². The van der Waals surface area contributed by atoms with Crippen LogP contribution in [0.15, 0.2) is 30.3 Å². The Labute approximate surface area is 97.6 Å². The molecule has 0 radical (unpaired) electrons. The van der Waals surface area contributed by atoms with Crippen LogP contribution in [-0.4, -0.2) is 12.6 Å². The van der Waals surface area contributed by atoms with Crippen LogP contribution in [0.3, 0.4) is 0 Å². The molecule has 0 N–H and O–H groups in total. The number of rotatable bonds is 6. The van der Waals surface area contributed by atoms with Crippen LogP contribution in [0.2, 0.25) is 0 Å². The van der Waals surface area contributed by atoms with E-state index in [1.807, 2.05) is 6.07 Å². The Hall–Kier alpha value is -1.31. The molecule has 1 aromatic rings. The Morgan fingerprint density at radius 1 is 1.25 bits per heavy atom. The lowest BCUT2D eigenvalue weighted by atomic mass is 9.99. The summed E-state index contributed by atoms with van der Waals surface area (Å²) in [4.78, 5) is 10.6. The number of esters is 1. The smallest absolute Gasteiger partial charge is 0.302 e. The molecular formula is C14H20O2. The second-order valence-electron chi connectivity index (χ2n) is 4.26. The molecule has 0 aliphatic rings. The minimum absolute atomic E-state index is 0.185. The average Bonchev–Trinajstić information content (AvgIpc) is 2.27. The lowest BCUT2D eigenvalue weighted by molar-refractivity contribution is -0.141. The zero-order valence-electron chi connectivity index (χ0n) is 10.1. The Kier molecular flexibility index (Phi) is 5.62. The fraction of sp³-hybridized carbons (Fsp3) is 0.500. The average molecular weight is 220 g/mol. The van der Waals surface area contributed by atoms with Gasteiger partial charge in [0.15, 0.2) is 0 Å². The summed E-state index contributed by atoms with van der Waals surface area (Å²) in [6.45, 7) is 4.20. The number of hydrogen-bond acceptors (Lipinski definition) is 2. The van der Waals surface area contributed by atoms with E-state index in [2.05, 4.69) is 31.2 Å². The van der Waals surface area contributed by atoms with Crippen LogP contribution in [0.25, 0.3) is 0 Å². The summed E-state index contributed by atoms with van der Waals surface area (Å²) in [7, 11) is 0. The van der Waals surface area contributed by atoms with Crippen molar-refractivity contribution < 1.29 is 9.53 Å². The molecule has 2 nitrogen and oxygen atoms in total. The molecule has 0 aromatic heterocycles.